The van der Waals surface area contributed by atoms with E-state index in [-0.39, 0.29) is 5.69 Å². The number of hydrogen-bond acceptors (Lipinski definition) is 6. The molecule has 1 aliphatic heterocycles. The van der Waals surface area contributed by atoms with E-state index >= 15 is 0 Å². The van der Waals surface area contributed by atoms with Crippen LogP contribution in [0.2, 0.25) is 0 Å². The highest BCUT2D eigenvalue weighted by Crippen LogP contribution is 2.30. The normalized spacial score (nSPS) is 13.6. The molecule has 0 saturated heterocycles. The zero-order valence-corrected chi connectivity index (χ0v) is 16.9. The quantitative estimate of drug-likeness (QED) is 0.569. The lowest BCUT2D eigenvalue weighted by Gasteiger charge is -2.13. The predicted octanol–water partition coefficient (Wildman–Crippen LogP) is 3.29. The Bertz CT molecular complexity index is 1300. The molecule has 3 aromatic rings. The highest BCUT2D eigenvalue weighted by molar-refractivity contribution is 7.92. The van der Waals surface area contributed by atoms with Crippen LogP contribution in [-0.2, 0) is 23.0 Å². The summed E-state index contributed by atoms with van der Waals surface area (Å²) in [6, 6.07) is 8.41. The third kappa shape index (κ3) is 4.37. The Morgan fingerprint density at radius 1 is 1.16 bits per heavy atom. The van der Waals surface area contributed by atoms with E-state index in [0.29, 0.717) is 23.5 Å². The number of aryl methyl sites for hydroxylation is 1. The maximum atomic E-state index is 12.8. The summed E-state index contributed by atoms with van der Waals surface area (Å²) in [6.07, 6.45) is -3.39. The van der Waals surface area contributed by atoms with Gasteiger partial charge >= 0.3 is 12.3 Å². The van der Waals surface area contributed by atoms with Gasteiger partial charge in [0.05, 0.1) is 4.90 Å². The fraction of sp³-hybridized carbons (Fsp3) is 0.211. The fourth-order valence-corrected chi connectivity index (χ4v) is 4.43. The van der Waals surface area contributed by atoms with Gasteiger partial charge in [-0.3, -0.25) is 4.72 Å². The number of ether oxygens (including phenoxy) is 1. The molecule has 2 heterocycles. The lowest BCUT2D eigenvalue weighted by atomic mass is 10.2. The van der Waals surface area contributed by atoms with Crippen LogP contribution in [0.3, 0.4) is 0 Å². The van der Waals surface area contributed by atoms with E-state index in [1.165, 1.54) is 12.1 Å². The van der Waals surface area contributed by atoms with Crippen LogP contribution >= 0.6 is 0 Å². The van der Waals surface area contributed by atoms with Crippen molar-refractivity contribution in [3.63, 3.8) is 0 Å². The van der Waals surface area contributed by atoms with Crippen LogP contribution in [0.4, 0.5) is 18.9 Å². The average molecular weight is 468 g/mol. The number of anilines is 1. The number of fused-ring (bicyclic) bond motifs is 1. The summed E-state index contributed by atoms with van der Waals surface area (Å²) in [7, 11) is -4.32. The van der Waals surface area contributed by atoms with E-state index in [9.17, 15) is 31.5 Å². The zero-order chi connectivity index (χ0) is 23.1. The molecule has 0 spiro atoms. The molecule has 13 heteroatoms. The second-order valence-corrected chi connectivity index (χ2v) is 8.57. The molecule has 0 radical (unpaired) electrons. The summed E-state index contributed by atoms with van der Waals surface area (Å²) in [5.74, 6) is -1.37. The minimum atomic E-state index is -5.13. The molecule has 168 valence electrons. The first-order valence-corrected chi connectivity index (χ1v) is 10.7. The van der Waals surface area contributed by atoms with E-state index < -0.39 is 38.6 Å². The highest BCUT2D eigenvalue weighted by Gasteiger charge is 2.33. The predicted molar refractivity (Wildman–Crippen MR) is 105 cm³/mol. The van der Waals surface area contributed by atoms with Gasteiger partial charge in [0.1, 0.15) is 17.1 Å². The summed E-state index contributed by atoms with van der Waals surface area (Å²) in [5.41, 5.74) is -0.172. The summed E-state index contributed by atoms with van der Waals surface area (Å²) in [5, 5.41) is 17.4. The second-order valence-electron chi connectivity index (χ2n) is 6.89. The van der Waals surface area contributed by atoms with Crippen molar-refractivity contribution in [1.82, 2.24) is 14.8 Å². The maximum Gasteiger partial charge on any atom is 0.573 e. The van der Waals surface area contributed by atoms with Crippen molar-refractivity contribution < 1.29 is 36.2 Å². The van der Waals surface area contributed by atoms with Gasteiger partial charge in [0.25, 0.3) is 10.0 Å². The van der Waals surface area contributed by atoms with Gasteiger partial charge in [-0.25, -0.2) is 13.2 Å². The number of halogens is 3. The van der Waals surface area contributed by atoms with Crippen LogP contribution in [0.15, 0.2) is 47.4 Å². The first-order valence-electron chi connectivity index (χ1n) is 9.22. The molecule has 9 nitrogen and oxygen atoms in total. The van der Waals surface area contributed by atoms with Gasteiger partial charge in [0, 0.05) is 24.2 Å². The smallest absolute Gasteiger partial charge is 0.478 e. The van der Waals surface area contributed by atoms with Gasteiger partial charge in [-0.1, -0.05) is 12.1 Å². The molecular weight excluding hydrogens is 453 g/mol. The molecule has 0 bridgehead atoms. The van der Waals surface area contributed by atoms with Crippen LogP contribution in [0.1, 0.15) is 22.6 Å². The third-order valence-corrected chi connectivity index (χ3v) is 6.08. The van der Waals surface area contributed by atoms with E-state index in [4.69, 9.17) is 0 Å². The maximum absolute atomic E-state index is 12.8. The molecule has 4 rings (SSSR count). The molecule has 2 N–H and O–H groups in total. The molecule has 0 aliphatic carbocycles. The summed E-state index contributed by atoms with van der Waals surface area (Å²) in [4.78, 5) is 10.8. The van der Waals surface area contributed by atoms with E-state index in [1.807, 2.05) is 4.57 Å². The van der Waals surface area contributed by atoms with E-state index in [1.54, 1.807) is 12.1 Å². The minimum absolute atomic E-state index is 0.158. The van der Waals surface area contributed by atoms with Crippen LogP contribution in [-0.4, -0.2) is 40.6 Å². The molecule has 0 fully saturated rings. The topological polar surface area (TPSA) is 123 Å². The van der Waals surface area contributed by atoms with Crippen molar-refractivity contribution in [2.75, 3.05) is 4.72 Å². The van der Waals surface area contributed by atoms with Gasteiger partial charge in [-0.2, -0.15) is 0 Å². The number of nitrogens with one attached hydrogen (secondary N) is 1. The number of alkyl halides is 3. The van der Waals surface area contributed by atoms with E-state index in [2.05, 4.69) is 19.7 Å². The van der Waals surface area contributed by atoms with Gasteiger partial charge in [0.2, 0.25) is 0 Å². The molecule has 1 aliphatic rings. The molecule has 2 aromatic carbocycles. The number of aromatic carboxylic acids is 1. The number of nitrogens with zero attached hydrogens (tertiary/aromatic N) is 3. The lowest BCUT2D eigenvalue weighted by molar-refractivity contribution is -0.274. The standard InChI is InChI=1S/C19H15F3N4O5S/c20-19(21,22)31-15-7-6-13(10-14(15)18(27)28)32(29,30)25-12-4-1-3-11(9-12)17-24-23-16-5-2-8-26(16)17/h1,3-4,6-7,9-10,25H,2,5,8H2,(H,27,28). The first-order chi connectivity index (χ1) is 15.0. The first kappa shape index (κ1) is 21.6. The van der Waals surface area contributed by atoms with Gasteiger partial charge in [-0.15, -0.1) is 23.4 Å². The van der Waals surface area contributed by atoms with E-state index in [0.717, 1.165) is 31.3 Å². The molecule has 0 saturated carbocycles. The Kier molecular flexibility index (Phi) is 5.28. The Morgan fingerprint density at radius 3 is 2.66 bits per heavy atom. The number of rotatable bonds is 6. The van der Waals surface area contributed by atoms with Crippen LogP contribution in [0, 0.1) is 0 Å². The van der Waals surface area contributed by atoms with Crippen LogP contribution < -0.4 is 9.46 Å². The van der Waals surface area contributed by atoms with Crippen molar-refractivity contribution in [2.24, 2.45) is 0 Å². The largest absolute Gasteiger partial charge is 0.573 e. The van der Waals surface area contributed by atoms with Crippen LogP contribution in [0.5, 0.6) is 5.75 Å². The third-order valence-electron chi connectivity index (χ3n) is 4.70. The highest BCUT2D eigenvalue weighted by atomic mass is 32.2. The van der Waals surface area contributed by atoms with Crippen LogP contribution in [0.25, 0.3) is 11.4 Å². The van der Waals surface area contributed by atoms with Gasteiger partial charge in [0.15, 0.2) is 5.82 Å². The van der Waals surface area contributed by atoms with Gasteiger partial charge in [-0.05, 0) is 36.8 Å². The Labute approximate surface area is 179 Å². The molecule has 0 amide bonds. The van der Waals surface area contributed by atoms with Crippen molar-refractivity contribution in [2.45, 2.75) is 30.6 Å². The summed E-state index contributed by atoms with van der Waals surface area (Å²) in [6.45, 7) is 0.748. The molecule has 0 atom stereocenters. The molecule has 32 heavy (non-hydrogen) atoms. The number of carboxylic acid groups (broad SMARTS) is 1. The molecular formula is C19H15F3N4O5S. The van der Waals surface area contributed by atoms with Crippen molar-refractivity contribution in [3.05, 3.63) is 53.9 Å². The minimum Gasteiger partial charge on any atom is -0.478 e. The van der Waals surface area contributed by atoms with Gasteiger partial charge < -0.3 is 14.4 Å². The summed E-state index contributed by atoms with van der Waals surface area (Å²) < 4.78 is 70.9. The zero-order valence-electron chi connectivity index (χ0n) is 16.1. The fourth-order valence-electron chi connectivity index (χ4n) is 3.36. The summed E-state index contributed by atoms with van der Waals surface area (Å²) >= 11 is 0. The number of benzene rings is 2. The second kappa shape index (κ2) is 7.82. The lowest BCUT2D eigenvalue weighted by Crippen LogP contribution is -2.20. The molecule has 0 unspecified atom stereocenters. The average Bonchev–Trinajstić information content (AvgIpc) is 3.30. The monoisotopic (exact) mass is 468 g/mol. The number of hydrogen-bond donors (Lipinski definition) is 2. The Morgan fingerprint density at radius 2 is 1.94 bits per heavy atom. The SMILES string of the molecule is O=C(O)c1cc(S(=O)(=O)Nc2cccc(-c3nnc4n3CCC4)c2)ccc1OC(F)(F)F. The number of sulfonamides is 1. The number of aromatic nitrogens is 3. The Balaban J connectivity index is 1.63. The Hall–Kier alpha value is -3.61. The number of carbonyl (C=O) groups is 1. The van der Waals surface area contributed by atoms with Crippen molar-refractivity contribution >= 4 is 21.7 Å². The molecule has 1 aromatic heterocycles. The van der Waals surface area contributed by atoms with Crippen molar-refractivity contribution in [3.8, 4) is 17.1 Å². The van der Waals surface area contributed by atoms with Crippen molar-refractivity contribution in [1.29, 1.82) is 0 Å². The number of carboxylic acids is 1.